The highest BCUT2D eigenvalue weighted by Crippen LogP contribution is 2.22. The molecule has 1 aromatic carbocycles. The molecule has 1 unspecified atom stereocenters. The SMILES string of the molecule is CCOC(C)c1noc(CNC(=NC)NCc2ccccc2OC(C)(C)C)n1.I. The summed E-state index contributed by atoms with van der Waals surface area (Å²) in [5.74, 6) is 2.49. The summed E-state index contributed by atoms with van der Waals surface area (Å²) >= 11 is 0. The molecule has 0 aliphatic carbocycles. The van der Waals surface area contributed by atoms with Crippen LogP contribution in [0.5, 0.6) is 5.75 Å². The molecule has 0 fully saturated rings. The van der Waals surface area contributed by atoms with Crippen LogP contribution in [0, 0.1) is 0 Å². The van der Waals surface area contributed by atoms with Gasteiger partial charge in [-0.05, 0) is 40.7 Å². The molecule has 0 bridgehead atoms. The highest BCUT2D eigenvalue weighted by molar-refractivity contribution is 14.0. The Balaban J connectivity index is 0.00000420. The largest absolute Gasteiger partial charge is 0.488 e. The third kappa shape index (κ3) is 8.57. The summed E-state index contributed by atoms with van der Waals surface area (Å²) in [5, 5.41) is 10.4. The minimum atomic E-state index is -0.260. The van der Waals surface area contributed by atoms with E-state index in [0.717, 1.165) is 11.3 Å². The van der Waals surface area contributed by atoms with Crippen molar-refractivity contribution in [2.24, 2.45) is 4.99 Å². The monoisotopic (exact) mass is 517 g/mol. The van der Waals surface area contributed by atoms with E-state index >= 15 is 0 Å². The third-order valence-corrected chi connectivity index (χ3v) is 3.73. The van der Waals surface area contributed by atoms with Crippen molar-refractivity contribution >= 4 is 29.9 Å². The van der Waals surface area contributed by atoms with Crippen LogP contribution in [0.3, 0.4) is 0 Å². The van der Waals surface area contributed by atoms with Gasteiger partial charge in [-0.15, -0.1) is 24.0 Å². The van der Waals surface area contributed by atoms with Crippen molar-refractivity contribution in [3.8, 4) is 5.75 Å². The summed E-state index contributed by atoms with van der Waals surface area (Å²) < 4.78 is 16.8. The van der Waals surface area contributed by atoms with Crippen LogP contribution in [0.2, 0.25) is 0 Å². The zero-order valence-electron chi connectivity index (χ0n) is 18.0. The Kier molecular flexibility index (Phi) is 10.4. The van der Waals surface area contributed by atoms with E-state index in [9.17, 15) is 0 Å². The lowest BCUT2D eigenvalue weighted by Gasteiger charge is -2.23. The van der Waals surface area contributed by atoms with E-state index in [1.807, 2.05) is 58.9 Å². The topological polar surface area (TPSA) is 93.8 Å². The fourth-order valence-electron chi connectivity index (χ4n) is 2.47. The van der Waals surface area contributed by atoms with Crippen LogP contribution in [0.1, 0.15) is 58.0 Å². The molecule has 1 aromatic heterocycles. The van der Waals surface area contributed by atoms with E-state index in [4.69, 9.17) is 14.0 Å². The molecule has 1 heterocycles. The van der Waals surface area contributed by atoms with Crippen LogP contribution in [0.25, 0.3) is 0 Å². The first-order valence-electron chi connectivity index (χ1n) is 9.48. The molecule has 162 valence electrons. The maximum atomic E-state index is 6.03. The van der Waals surface area contributed by atoms with Crippen molar-refractivity contribution in [3.63, 3.8) is 0 Å². The number of nitrogens with zero attached hydrogens (tertiary/aromatic N) is 3. The predicted octanol–water partition coefficient (Wildman–Crippen LogP) is 3.83. The van der Waals surface area contributed by atoms with Crippen molar-refractivity contribution in [3.05, 3.63) is 41.5 Å². The van der Waals surface area contributed by atoms with E-state index < -0.39 is 0 Å². The van der Waals surface area contributed by atoms with Crippen LogP contribution in [-0.2, 0) is 17.8 Å². The number of aliphatic imine (C=N–C) groups is 1. The second-order valence-corrected chi connectivity index (χ2v) is 7.25. The van der Waals surface area contributed by atoms with Crippen LogP contribution in [-0.4, -0.2) is 35.4 Å². The molecule has 9 heteroatoms. The Labute approximate surface area is 189 Å². The van der Waals surface area contributed by atoms with Gasteiger partial charge in [-0.2, -0.15) is 4.98 Å². The molecule has 8 nitrogen and oxygen atoms in total. The Hall–Kier alpha value is -1.88. The molecular weight excluding hydrogens is 485 g/mol. The number of nitrogens with one attached hydrogen (secondary N) is 2. The third-order valence-electron chi connectivity index (χ3n) is 3.73. The maximum Gasteiger partial charge on any atom is 0.246 e. The summed E-state index contributed by atoms with van der Waals surface area (Å²) in [6, 6.07) is 7.95. The van der Waals surface area contributed by atoms with Gasteiger partial charge in [0.05, 0.1) is 6.54 Å². The average Bonchev–Trinajstić information content (AvgIpc) is 3.11. The summed E-state index contributed by atoms with van der Waals surface area (Å²) in [7, 11) is 1.71. The Morgan fingerprint density at radius 1 is 1.21 bits per heavy atom. The quantitative estimate of drug-likeness (QED) is 0.312. The van der Waals surface area contributed by atoms with Crippen LogP contribution in [0.4, 0.5) is 0 Å². The fraction of sp³-hybridized carbons (Fsp3) is 0.550. The molecule has 1 atom stereocenters. The smallest absolute Gasteiger partial charge is 0.246 e. The lowest BCUT2D eigenvalue weighted by atomic mass is 10.1. The highest BCUT2D eigenvalue weighted by Gasteiger charge is 2.15. The predicted molar refractivity (Wildman–Crippen MR) is 124 cm³/mol. The number of hydrogen-bond donors (Lipinski definition) is 2. The molecule has 0 amide bonds. The van der Waals surface area contributed by atoms with Gasteiger partial charge in [0, 0.05) is 25.8 Å². The molecule has 2 N–H and O–H groups in total. The number of halogens is 1. The Morgan fingerprint density at radius 2 is 1.90 bits per heavy atom. The van der Waals surface area contributed by atoms with Gasteiger partial charge in [0.25, 0.3) is 0 Å². The molecular formula is C20H32IN5O3. The van der Waals surface area contributed by atoms with Crippen molar-refractivity contribution in [1.29, 1.82) is 0 Å². The summed E-state index contributed by atoms with van der Waals surface area (Å²) in [4.78, 5) is 8.57. The number of para-hydroxylation sites is 1. The van der Waals surface area contributed by atoms with Crippen LogP contribution >= 0.6 is 24.0 Å². The zero-order valence-corrected chi connectivity index (χ0v) is 20.3. The van der Waals surface area contributed by atoms with Gasteiger partial charge >= 0.3 is 0 Å². The van der Waals surface area contributed by atoms with E-state index in [2.05, 4.69) is 25.8 Å². The normalized spacial score (nSPS) is 12.8. The number of benzene rings is 1. The van der Waals surface area contributed by atoms with Gasteiger partial charge in [-0.25, -0.2) is 0 Å². The van der Waals surface area contributed by atoms with Crippen LogP contribution < -0.4 is 15.4 Å². The van der Waals surface area contributed by atoms with E-state index in [-0.39, 0.29) is 35.7 Å². The molecule has 0 aliphatic heterocycles. The number of aromatic nitrogens is 2. The van der Waals surface area contributed by atoms with Crippen molar-refractivity contribution < 1.29 is 14.0 Å². The second kappa shape index (κ2) is 12.0. The Morgan fingerprint density at radius 3 is 2.55 bits per heavy atom. The number of hydrogen-bond acceptors (Lipinski definition) is 6. The molecule has 0 radical (unpaired) electrons. The van der Waals surface area contributed by atoms with Crippen molar-refractivity contribution in [1.82, 2.24) is 20.8 Å². The molecule has 0 saturated carbocycles. The first-order chi connectivity index (χ1) is 13.3. The standard InChI is InChI=1S/C20H31N5O3.HI/c1-7-26-14(2)18-24-17(28-25-18)13-23-19(21-6)22-12-15-10-8-9-11-16(15)27-20(3,4)5;/h8-11,14H,7,12-13H2,1-6H3,(H2,21,22,23);1H. The number of guanidine groups is 1. The minimum Gasteiger partial charge on any atom is -0.488 e. The van der Waals surface area contributed by atoms with E-state index in [1.165, 1.54) is 0 Å². The van der Waals surface area contributed by atoms with Gasteiger partial charge < -0.3 is 24.6 Å². The summed E-state index contributed by atoms with van der Waals surface area (Å²) in [5.41, 5.74) is 0.788. The van der Waals surface area contributed by atoms with Crippen LogP contribution in [0.15, 0.2) is 33.8 Å². The maximum absolute atomic E-state index is 6.03. The van der Waals surface area contributed by atoms with Gasteiger partial charge in [-0.3, -0.25) is 4.99 Å². The molecule has 0 saturated heterocycles. The first kappa shape index (κ1) is 25.2. The molecule has 29 heavy (non-hydrogen) atoms. The van der Waals surface area contributed by atoms with E-state index in [1.54, 1.807) is 7.05 Å². The first-order valence-corrected chi connectivity index (χ1v) is 9.48. The average molecular weight is 517 g/mol. The van der Waals surface area contributed by atoms with Gasteiger partial charge in [0.15, 0.2) is 11.8 Å². The zero-order chi connectivity index (χ0) is 20.6. The molecule has 2 aromatic rings. The molecule has 0 aliphatic rings. The molecule has 2 rings (SSSR count). The minimum absolute atomic E-state index is 0. The number of ether oxygens (including phenoxy) is 2. The summed E-state index contributed by atoms with van der Waals surface area (Å²) in [6.45, 7) is 11.4. The summed E-state index contributed by atoms with van der Waals surface area (Å²) in [6.07, 6.45) is -0.195. The van der Waals surface area contributed by atoms with Gasteiger partial charge in [0.1, 0.15) is 17.5 Å². The van der Waals surface area contributed by atoms with Gasteiger partial charge in [-0.1, -0.05) is 23.4 Å². The lowest BCUT2D eigenvalue weighted by molar-refractivity contribution is 0.0683. The lowest BCUT2D eigenvalue weighted by Crippen LogP contribution is -2.36. The highest BCUT2D eigenvalue weighted by atomic mass is 127. The Bertz CT molecular complexity index is 773. The molecule has 0 spiro atoms. The van der Waals surface area contributed by atoms with Gasteiger partial charge in [0.2, 0.25) is 5.89 Å². The van der Waals surface area contributed by atoms with E-state index in [0.29, 0.717) is 37.4 Å². The van der Waals surface area contributed by atoms with Crippen molar-refractivity contribution in [2.45, 2.75) is 59.4 Å². The number of rotatable bonds is 8. The fourth-order valence-corrected chi connectivity index (χ4v) is 2.47. The van der Waals surface area contributed by atoms with Crippen molar-refractivity contribution in [2.75, 3.05) is 13.7 Å². The second-order valence-electron chi connectivity index (χ2n) is 7.25.